The van der Waals surface area contributed by atoms with Gasteiger partial charge in [-0.25, -0.2) is 5.01 Å². The summed E-state index contributed by atoms with van der Waals surface area (Å²) >= 11 is 0. The smallest absolute Gasteiger partial charge is 0.278 e. The third-order valence-corrected chi connectivity index (χ3v) is 6.40. The first-order valence-corrected chi connectivity index (χ1v) is 11.0. The molecule has 0 amide bonds. The number of hydrazone groups is 1. The number of phenols is 2. The molecule has 0 atom stereocenters. The van der Waals surface area contributed by atoms with Crippen LogP contribution in [0.5, 0.6) is 23.0 Å². The van der Waals surface area contributed by atoms with Crippen LogP contribution in [0.15, 0.2) is 90.0 Å². The Balaban J connectivity index is 1.66. The van der Waals surface area contributed by atoms with Crippen LogP contribution in [0.4, 0.5) is 11.4 Å². The highest BCUT2D eigenvalue weighted by molar-refractivity contribution is 6.17. The normalized spacial score (nSPS) is 14.9. The molecular formula is C27H17N3O6. The minimum atomic E-state index is -1.55. The molecule has 0 fully saturated rings. The Hall–Kier alpha value is -5.18. The largest absolute Gasteiger partial charge is 0.508 e. The summed E-state index contributed by atoms with van der Waals surface area (Å²) in [4.78, 5) is 25.3. The van der Waals surface area contributed by atoms with Gasteiger partial charge >= 0.3 is 0 Å². The van der Waals surface area contributed by atoms with Crippen molar-refractivity contribution in [3.63, 3.8) is 0 Å². The molecule has 0 saturated heterocycles. The molecule has 6 rings (SSSR count). The fraction of sp³-hybridized carbons (Fsp3) is 0.0370. The lowest BCUT2D eigenvalue weighted by Gasteiger charge is -2.40. The molecule has 2 aliphatic rings. The lowest BCUT2D eigenvalue weighted by atomic mass is 9.77. The first kappa shape index (κ1) is 21.4. The second-order valence-electron chi connectivity index (χ2n) is 8.39. The summed E-state index contributed by atoms with van der Waals surface area (Å²) in [6.07, 6.45) is 1.35. The molecule has 2 N–H and O–H groups in total. The second-order valence-corrected chi connectivity index (χ2v) is 8.39. The highest BCUT2D eigenvalue weighted by Crippen LogP contribution is 2.57. The molecule has 36 heavy (non-hydrogen) atoms. The number of hydrogen-bond acceptors (Lipinski definition) is 8. The van der Waals surface area contributed by atoms with Crippen molar-refractivity contribution in [2.45, 2.75) is 5.54 Å². The number of ketones is 1. The number of nitrogens with zero attached hydrogens (tertiary/aromatic N) is 3. The third-order valence-electron chi connectivity index (χ3n) is 6.40. The van der Waals surface area contributed by atoms with Gasteiger partial charge in [0.1, 0.15) is 23.0 Å². The summed E-state index contributed by atoms with van der Waals surface area (Å²) in [5.74, 6) is 0.0242. The van der Waals surface area contributed by atoms with Gasteiger partial charge in [0, 0.05) is 34.9 Å². The van der Waals surface area contributed by atoms with Crippen molar-refractivity contribution >= 4 is 23.4 Å². The van der Waals surface area contributed by atoms with Crippen LogP contribution in [-0.4, -0.2) is 27.1 Å². The Morgan fingerprint density at radius 1 is 0.889 bits per heavy atom. The topological polar surface area (TPSA) is 126 Å². The number of phenolic OH excluding ortho intramolecular Hbond substituents is 2. The molecule has 0 radical (unpaired) electrons. The van der Waals surface area contributed by atoms with Crippen LogP contribution >= 0.6 is 0 Å². The maximum atomic E-state index is 14.3. The van der Waals surface area contributed by atoms with Crippen molar-refractivity contribution in [3.8, 4) is 23.0 Å². The van der Waals surface area contributed by atoms with Gasteiger partial charge in [-0.1, -0.05) is 24.3 Å². The van der Waals surface area contributed by atoms with E-state index in [0.717, 1.165) is 0 Å². The molecule has 2 heterocycles. The summed E-state index contributed by atoms with van der Waals surface area (Å²) in [6.45, 7) is 0. The van der Waals surface area contributed by atoms with E-state index in [4.69, 9.17) is 4.74 Å². The number of carbonyl (C=O) groups excluding carboxylic acids is 1. The average Bonchev–Trinajstić information content (AvgIpc) is 3.11. The number of nitro benzene ring substituents is 1. The standard InChI is InChI=1S/C27H17N3O6/c31-17-9-11-20-24(13-17)36-25-14-18(32)10-12-21(25)27(20)26(33)19-6-2-4-8-23(19)29(27)28-15-16-5-1-3-7-22(16)30(34)35/h1-15,31-32H/b28-15+. The summed E-state index contributed by atoms with van der Waals surface area (Å²) in [5, 5.41) is 38.0. The minimum absolute atomic E-state index is 0.0644. The average molecular weight is 479 g/mol. The van der Waals surface area contributed by atoms with Crippen molar-refractivity contribution < 1.29 is 24.7 Å². The van der Waals surface area contributed by atoms with Gasteiger partial charge in [-0.05, 0) is 42.5 Å². The summed E-state index contributed by atoms with van der Waals surface area (Å²) in [5.41, 5.74) is 0.344. The predicted molar refractivity (Wildman–Crippen MR) is 131 cm³/mol. The molecule has 9 nitrogen and oxygen atoms in total. The molecule has 4 aromatic rings. The van der Waals surface area contributed by atoms with Crippen LogP contribution in [-0.2, 0) is 5.54 Å². The van der Waals surface area contributed by atoms with E-state index in [9.17, 15) is 25.1 Å². The molecule has 0 saturated carbocycles. The van der Waals surface area contributed by atoms with Crippen molar-refractivity contribution in [1.29, 1.82) is 0 Å². The molecule has 0 bridgehead atoms. The van der Waals surface area contributed by atoms with Gasteiger partial charge in [0.25, 0.3) is 5.69 Å². The Morgan fingerprint density at radius 2 is 1.50 bits per heavy atom. The van der Waals surface area contributed by atoms with Crippen LogP contribution in [0, 0.1) is 10.1 Å². The zero-order valence-corrected chi connectivity index (χ0v) is 18.5. The molecular weight excluding hydrogens is 462 g/mol. The van der Waals surface area contributed by atoms with E-state index in [1.54, 1.807) is 54.6 Å². The lowest BCUT2D eigenvalue weighted by molar-refractivity contribution is -0.385. The fourth-order valence-electron chi connectivity index (χ4n) is 4.88. The van der Waals surface area contributed by atoms with Gasteiger partial charge in [0.15, 0.2) is 5.54 Å². The molecule has 176 valence electrons. The number of benzene rings is 4. The summed E-state index contributed by atoms with van der Waals surface area (Å²) < 4.78 is 5.99. The summed E-state index contributed by atoms with van der Waals surface area (Å²) in [6, 6.07) is 22.0. The van der Waals surface area contributed by atoms with Crippen LogP contribution < -0.4 is 9.75 Å². The predicted octanol–water partition coefficient (Wildman–Crippen LogP) is 5.09. The number of carbonyl (C=O) groups is 1. The SMILES string of the molecule is O=C1c2ccccc2N(/N=C/c2ccccc2[N+](=O)[O-])C12c1ccc(O)cc1Oc1cc(O)ccc12. The number of hydrogen-bond donors (Lipinski definition) is 2. The van der Waals surface area contributed by atoms with E-state index in [1.165, 1.54) is 41.6 Å². The number of Topliss-reactive ketones (excluding diaryl/α,β-unsaturated/α-hetero) is 1. The van der Waals surface area contributed by atoms with Gasteiger partial charge in [0.05, 0.1) is 22.4 Å². The van der Waals surface area contributed by atoms with Crippen LogP contribution in [0.1, 0.15) is 27.0 Å². The Labute approximate surface area is 204 Å². The maximum absolute atomic E-state index is 14.3. The number of nitro groups is 1. The summed E-state index contributed by atoms with van der Waals surface area (Å²) in [7, 11) is 0. The van der Waals surface area contributed by atoms with Crippen molar-refractivity contribution in [2.75, 3.05) is 5.01 Å². The quantitative estimate of drug-likeness (QED) is 0.238. The number of para-hydroxylation sites is 2. The highest BCUT2D eigenvalue weighted by atomic mass is 16.6. The Morgan fingerprint density at radius 3 is 2.17 bits per heavy atom. The molecule has 0 aromatic heterocycles. The van der Waals surface area contributed by atoms with E-state index >= 15 is 0 Å². The first-order valence-electron chi connectivity index (χ1n) is 11.0. The van der Waals surface area contributed by atoms with E-state index < -0.39 is 10.5 Å². The van der Waals surface area contributed by atoms with Crippen LogP contribution in [0.2, 0.25) is 0 Å². The highest BCUT2D eigenvalue weighted by Gasteiger charge is 2.58. The van der Waals surface area contributed by atoms with Gasteiger partial charge in [-0.15, -0.1) is 0 Å². The van der Waals surface area contributed by atoms with Crippen LogP contribution in [0.25, 0.3) is 0 Å². The Kier molecular flexibility index (Phi) is 4.55. The molecule has 4 aromatic carbocycles. The van der Waals surface area contributed by atoms with Crippen LogP contribution in [0.3, 0.4) is 0 Å². The van der Waals surface area contributed by atoms with Gasteiger partial charge < -0.3 is 14.9 Å². The van der Waals surface area contributed by atoms with Crippen molar-refractivity contribution in [3.05, 3.63) is 117 Å². The second kappa shape index (κ2) is 7.67. The number of ether oxygens (including phenoxy) is 1. The maximum Gasteiger partial charge on any atom is 0.278 e. The molecule has 9 heteroatoms. The van der Waals surface area contributed by atoms with Crippen molar-refractivity contribution in [2.24, 2.45) is 5.10 Å². The number of rotatable bonds is 3. The molecule has 2 aliphatic heterocycles. The van der Waals surface area contributed by atoms with E-state index in [-0.39, 0.29) is 40.0 Å². The van der Waals surface area contributed by atoms with Gasteiger partial charge in [0.2, 0.25) is 5.78 Å². The van der Waals surface area contributed by atoms with E-state index in [2.05, 4.69) is 5.10 Å². The molecule has 1 spiro atoms. The van der Waals surface area contributed by atoms with Gasteiger partial charge in [-0.3, -0.25) is 14.9 Å². The van der Waals surface area contributed by atoms with E-state index in [0.29, 0.717) is 22.4 Å². The van der Waals surface area contributed by atoms with Crippen molar-refractivity contribution in [1.82, 2.24) is 0 Å². The lowest BCUT2D eigenvalue weighted by Crippen LogP contribution is -2.48. The third kappa shape index (κ3) is 2.89. The molecule has 0 unspecified atom stereocenters. The zero-order chi connectivity index (χ0) is 25.0. The monoisotopic (exact) mass is 479 g/mol. The number of fused-ring (bicyclic) bond motifs is 5. The number of anilines is 1. The fourth-order valence-corrected chi connectivity index (χ4v) is 4.88. The first-order chi connectivity index (χ1) is 17.4. The molecule has 0 aliphatic carbocycles. The Bertz CT molecular complexity index is 1560. The zero-order valence-electron chi connectivity index (χ0n) is 18.5. The van der Waals surface area contributed by atoms with Gasteiger partial charge in [-0.2, -0.15) is 5.10 Å². The number of aromatic hydroxyl groups is 2. The minimum Gasteiger partial charge on any atom is -0.508 e. The van der Waals surface area contributed by atoms with E-state index in [1.807, 2.05) is 0 Å².